The van der Waals surface area contributed by atoms with E-state index in [4.69, 9.17) is 38.4 Å². The molecule has 0 radical (unpaired) electrons. The molecule has 0 saturated carbocycles. The van der Waals surface area contributed by atoms with Gasteiger partial charge in [-0.1, -0.05) is 53.5 Å². The molecule has 0 amide bonds. The summed E-state index contributed by atoms with van der Waals surface area (Å²) in [4.78, 5) is 12.3. The molecule has 0 saturated heterocycles. The molecule has 0 spiro atoms. The number of fused-ring (bicyclic) bond motifs is 1. The van der Waals surface area contributed by atoms with E-state index in [1.807, 2.05) is 12.1 Å². The summed E-state index contributed by atoms with van der Waals surface area (Å²) in [6.07, 6.45) is 0.0981. The van der Waals surface area contributed by atoms with E-state index in [-0.39, 0.29) is 12.3 Å². The standard InChI is InChI=1S/C24H16Cl2N2O3/c25-16-6-4-14(5-7-16)10-22(29)30-18-8-9-19-21(12-18)31-24(28)20(13-27)23(19)15-2-1-3-17(26)11-15/h1-9,11-12,23H,10,28H2. The lowest BCUT2D eigenvalue weighted by atomic mass is 9.83. The molecule has 0 aromatic heterocycles. The van der Waals surface area contributed by atoms with Crippen molar-refractivity contribution in [3.05, 3.63) is 105 Å². The maximum atomic E-state index is 12.3. The topological polar surface area (TPSA) is 85.3 Å². The Morgan fingerprint density at radius 2 is 1.84 bits per heavy atom. The zero-order valence-electron chi connectivity index (χ0n) is 16.1. The van der Waals surface area contributed by atoms with Crippen LogP contribution < -0.4 is 15.2 Å². The summed E-state index contributed by atoms with van der Waals surface area (Å²) in [7, 11) is 0. The van der Waals surface area contributed by atoms with Crippen LogP contribution in [0.4, 0.5) is 0 Å². The Labute approximate surface area is 189 Å². The van der Waals surface area contributed by atoms with Crippen LogP contribution in [0, 0.1) is 11.3 Å². The fourth-order valence-corrected chi connectivity index (χ4v) is 3.79. The van der Waals surface area contributed by atoms with Gasteiger partial charge in [0, 0.05) is 21.7 Å². The van der Waals surface area contributed by atoms with Gasteiger partial charge in [-0.15, -0.1) is 0 Å². The number of nitrogens with zero attached hydrogens (tertiary/aromatic N) is 1. The van der Waals surface area contributed by atoms with Gasteiger partial charge in [0.25, 0.3) is 0 Å². The van der Waals surface area contributed by atoms with Crippen molar-refractivity contribution in [2.24, 2.45) is 5.73 Å². The molecule has 0 bridgehead atoms. The summed E-state index contributed by atoms with van der Waals surface area (Å²) in [6, 6.07) is 21.3. The number of ether oxygens (including phenoxy) is 2. The molecule has 1 atom stereocenters. The minimum atomic E-state index is -0.439. The summed E-state index contributed by atoms with van der Waals surface area (Å²) in [5, 5.41) is 10.8. The Bertz CT molecular complexity index is 1230. The Balaban J connectivity index is 1.61. The number of hydrogen-bond acceptors (Lipinski definition) is 5. The number of benzene rings is 3. The fraction of sp³-hybridized carbons (Fsp3) is 0.0833. The van der Waals surface area contributed by atoms with Gasteiger partial charge < -0.3 is 15.2 Å². The number of esters is 1. The molecule has 0 aliphatic carbocycles. The molecular formula is C24H16Cl2N2O3. The van der Waals surface area contributed by atoms with E-state index in [9.17, 15) is 10.1 Å². The molecule has 31 heavy (non-hydrogen) atoms. The number of nitriles is 1. The maximum absolute atomic E-state index is 12.3. The average molecular weight is 451 g/mol. The maximum Gasteiger partial charge on any atom is 0.315 e. The number of nitrogens with two attached hydrogens (primary N) is 1. The molecule has 1 aliphatic heterocycles. The van der Waals surface area contributed by atoms with Crippen LogP contribution in [-0.4, -0.2) is 5.97 Å². The van der Waals surface area contributed by atoms with E-state index in [1.54, 1.807) is 54.6 Å². The van der Waals surface area contributed by atoms with Crippen LogP contribution in [0.2, 0.25) is 10.0 Å². The zero-order chi connectivity index (χ0) is 22.0. The van der Waals surface area contributed by atoms with E-state index in [1.165, 1.54) is 0 Å². The first kappa shape index (κ1) is 20.8. The van der Waals surface area contributed by atoms with E-state index in [0.717, 1.165) is 16.7 Å². The van der Waals surface area contributed by atoms with Crippen LogP contribution in [0.5, 0.6) is 11.5 Å². The summed E-state index contributed by atoms with van der Waals surface area (Å²) in [5.41, 5.74) is 8.64. The second-order valence-electron chi connectivity index (χ2n) is 6.96. The van der Waals surface area contributed by atoms with Crippen molar-refractivity contribution in [3.63, 3.8) is 0 Å². The lowest BCUT2D eigenvalue weighted by Gasteiger charge is -2.26. The third kappa shape index (κ3) is 4.51. The van der Waals surface area contributed by atoms with Gasteiger partial charge in [-0.3, -0.25) is 4.79 Å². The van der Waals surface area contributed by atoms with E-state index >= 15 is 0 Å². The molecular weight excluding hydrogens is 435 g/mol. The quantitative estimate of drug-likeness (QED) is 0.427. The van der Waals surface area contributed by atoms with Crippen LogP contribution >= 0.6 is 23.2 Å². The van der Waals surface area contributed by atoms with Crippen LogP contribution in [0.3, 0.4) is 0 Å². The molecule has 1 unspecified atom stereocenters. The van der Waals surface area contributed by atoms with Gasteiger partial charge in [-0.25, -0.2) is 0 Å². The van der Waals surface area contributed by atoms with E-state index < -0.39 is 11.9 Å². The molecule has 5 nitrogen and oxygen atoms in total. The second-order valence-corrected chi connectivity index (χ2v) is 7.83. The summed E-state index contributed by atoms with van der Waals surface area (Å²) >= 11 is 12.0. The number of carbonyl (C=O) groups excluding carboxylic acids is 1. The summed E-state index contributed by atoms with van der Waals surface area (Å²) in [5.74, 6) is -0.129. The van der Waals surface area contributed by atoms with Crippen molar-refractivity contribution >= 4 is 29.2 Å². The van der Waals surface area contributed by atoms with Gasteiger partial charge in [0.1, 0.15) is 23.1 Å². The number of rotatable bonds is 4. The van der Waals surface area contributed by atoms with E-state index in [2.05, 4.69) is 6.07 Å². The van der Waals surface area contributed by atoms with Gasteiger partial charge in [0.05, 0.1) is 12.3 Å². The fourth-order valence-electron chi connectivity index (χ4n) is 3.46. The number of halogens is 2. The first-order valence-electron chi connectivity index (χ1n) is 9.36. The van der Waals surface area contributed by atoms with Crippen molar-refractivity contribution in [3.8, 4) is 17.6 Å². The molecule has 0 fully saturated rings. The van der Waals surface area contributed by atoms with Crippen molar-refractivity contribution in [1.29, 1.82) is 5.26 Å². The first-order valence-corrected chi connectivity index (χ1v) is 10.1. The third-order valence-electron chi connectivity index (χ3n) is 4.87. The minimum absolute atomic E-state index is 0.00427. The summed E-state index contributed by atoms with van der Waals surface area (Å²) in [6.45, 7) is 0. The van der Waals surface area contributed by atoms with Crippen molar-refractivity contribution in [2.45, 2.75) is 12.3 Å². The summed E-state index contributed by atoms with van der Waals surface area (Å²) < 4.78 is 11.1. The molecule has 1 heterocycles. The lowest BCUT2D eigenvalue weighted by molar-refractivity contribution is -0.133. The highest BCUT2D eigenvalue weighted by Gasteiger charge is 2.31. The number of hydrogen-bond donors (Lipinski definition) is 1. The predicted molar refractivity (Wildman–Crippen MR) is 118 cm³/mol. The van der Waals surface area contributed by atoms with Gasteiger partial charge in [-0.2, -0.15) is 5.26 Å². The van der Waals surface area contributed by atoms with Crippen molar-refractivity contribution < 1.29 is 14.3 Å². The lowest BCUT2D eigenvalue weighted by Crippen LogP contribution is -2.21. The molecule has 3 aromatic carbocycles. The van der Waals surface area contributed by atoms with Crippen LogP contribution in [0.1, 0.15) is 22.6 Å². The zero-order valence-corrected chi connectivity index (χ0v) is 17.7. The van der Waals surface area contributed by atoms with Crippen LogP contribution in [0.15, 0.2) is 78.2 Å². The third-order valence-corrected chi connectivity index (χ3v) is 5.35. The average Bonchev–Trinajstić information content (AvgIpc) is 2.74. The highest BCUT2D eigenvalue weighted by Crippen LogP contribution is 2.43. The number of allylic oxidation sites excluding steroid dienone is 1. The highest BCUT2D eigenvalue weighted by atomic mass is 35.5. The normalized spacial score (nSPS) is 14.9. The van der Waals surface area contributed by atoms with Gasteiger partial charge in [-0.05, 0) is 41.5 Å². The smallest absolute Gasteiger partial charge is 0.315 e. The highest BCUT2D eigenvalue weighted by molar-refractivity contribution is 6.30. The van der Waals surface area contributed by atoms with Crippen LogP contribution in [-0.2, 0) is 11.2 Å². The SMILES string of the molecule is N#CC1=C(N)Oc2cc(OC(=O)Cc3ccc(Cl)cc3)ccc2C1c1cccc(Cl)c1. The molecule has 154 valence electrons. The van der Waals surface area contributed by atoms with Gasteiger partial charge in [0.15, 0.2) is 0 Å². The Kier molecular flexibility index (Phi) is 5.85. The Hall–Kier alpha value is -3.46. The molecule has 4 rings (SSSR count). The molecule has 3 aromatic rings. The predicted octanol–water partition coefficient (Wildman–Crippen LogP) is 5.36. The second kappa shape index (κ2) is 8.73. The molecule has 1 aliphatic rings. The Morgan fingerprint density at radius 1 is 1.06 bits per heavy atom. The van der Waals surface area contributed by atoms with Gasteiger partial charge in [0.2, 0.25) is 5.88 Å². The minimum Gasteiger partial charge on any atom is -0.440 e. The van der Waals surface area contributed by atoms with E-state index in [0.29, 0.717) is 27.1 Å². The van der Waals surface area contributed by atoms with Crippen molar-refractivity contribution in [1.82, 2.24) is 0 Å². The molecule has 2 N–H and O–H groups in total. The first-order chi connectivity index (χ1) is 14.9. The Morgan fingerprint density at radius 3 is 2.55 bits per heavy atom. The largest absolute Gasteiger partial charge is 0.440 e. The van der Waals surface area contributed by atoms with Gasteiger partial charge >= 0.3 is 5.97 Å². The van der Waals surface area contributed by atoms with Crippen molar-refractivity contribution in [2.75, 3.05) is 0 Å². The molecule has 7 heteroatoms. The number of carbonyl (C=O) groups is 1. The van der Waals surface area contributed by atoms with Crippen LogP contribution in [0.25, 0.3) is 0 Å². The monoisotopic (exact) mass is 450 g/mol.